The Bertz CT molecular complexity index is 968. The second-order valence-corrected chi connectivity index (χ2v) is 7.60. The molecule has 1 aromatic heterocycles. The second kappa shape index (κ2) is 8.63. The van der Waals surface area contributed by atoms with Crippen LogP contribution in [0.3, 0.4) is 0 Å². The number of benzene rings is 2. The summed E-state index contributed by atoms with van der Waals surface area (Å²) in [6.45, 7) is 1.13. The summed E-state index contributed by atoms with van der Waals surface area (Å²) >= 11 is 12.6. The lowest BCUT2D eigenvalue weighted by Crippen LogP contribution is -2.34. The molecule has 1 N–H and O–H groups in total. The lowest BCUT2D eigenvalue weighted by molar-refractivity contribution is -0.189. The molecule has 152 valence electrons. The van der Waals surface area contributed by atoms with Gasteiger partial charge in [-0.3, -0.25) is 0 Å². The van der Waals surface area contributed by atoms with E-state index in [4.69, 9.17) is 37.4 Å². The van der Waals surface area contributed by atoms with E-state index in [2.05, 4.69) is 10.3 Å². The van der Waals surface area contributed by atoms with Crippen LogP contribution in [0.1, 0.15) is 5.56 Å². The first-order valence-electron chi connectivity index (χ1n) is 9.22. The van der Waals surface area contributed by atoms with Crippen molar-refractivity contribution in [3.63, 3.8) is 0 Å². The van der Waals surface area contributed by atoms with E-state index in [0.29, 0.717) is 29.8 Å². The van der Waals surface area contributed by atoms with Crippen molar-refractivity contribution in [3.8, 4) is 5.75 Å². The third kappa shape index (κ3) is 4.51. The fraction of sp³-hybridized carbons (Fsp3) is 0.286. The van der Waals surface area contributed by atoms with Crippen molar-refractivity contribution in [2.75, 3.05) is 25.6 Å². The molecule has 0 bridgehead atoms. The maximum Gasteiger partial charge on any atom is 0.215 e. The Morgan fingerprint density at radius 1 is 1.28 bits per heavy atom. The molecule has 2 heterocycles. The molecule has 0 radical (unpaired) electrons. The Kier molecular flexibility index (Phi) is 5.96. The molecule has 2 aromatic carbocycles. The van der Waals surface area contributed by atoms with E-state index in [-0.39, 0.29) is 6.10 Å². The van der Waals surface area contributed by atoms with Gasteiger partial charge < -0.3 is 24.1 Å². The van der Waals surface area contributed by atoms with Crippen molar-refractivity contribution in [2.45, 2.75) is 18.4 Å². The molecule has 1 aliphatic heterocycles. The Balaban J connectivity index is 1.53. The average Bonchev–Trinajstić information content (AvgIpc) is 3.37. The van der Waals surface area contributed by atoms with Gasteiger partial charge in [0.25, 0.3) is 0 Å². The smallest absolute Gasteiger partial charge is 0.215 e. The quantitative estimate of drug-likeness (QED) is 0.590. The normalized spacial score (nSPS) is 21.3. The van der Waals surface area contributed by atoms with Crippen LogP contribution >= 0.6 is 23.2 Å². The van der Waals surface area contributed by atoms with Crippen LogP contribution in [0.4, 0.5) is 5.69 Å². The van der Waals surface area contributed by atoms with Gasteiger partial charge in [-0.2, -0.15) is 0 Å². The zero-order valence-electron chi connectivity index (χ0n) is 15.8. The van der Waals surface area contributed by atoms with Crippen LogP contribution in [-0.2, 0) is 21.8 Å². The maximum absolute atomic E-state index is 6.49. The summed E-state index contributed by atoms with van der Waals surface area (Å²) in [5.41, 5.74) is 1.70. The summed E-state index contributed by atoms with van der Waals surface area (Å²) in [4.78, 5) is 4.10. The Morgan fingerprint density at radius 3 is 2.93 bits per heavy atom. The lowest BCUT2D eigenvalue weighted by Gasteiger charge is -2.30. The zero-order valence-corrected chi connectivity index (χ0v) is 17.4. The van der Waals surface area contributed by atoms with Crippen molar-refractivity contribution < 1.29 is 14.2 Å². The summed E-state index contributed by atoms with van der Waals surface area (Å²) in [5.74, 6) is -0.291. The standard InChI is InChI=1S/C21H21Cl2N3O3/c1-24-16-3-2-4-17(10-16)27-11-18-12-28-21(29-18,13-26-8-7-25-14-26)19-6-5-15(22)9-20(19)23/h2-10,14,18,24H,11-13H2,1H3. The fourth-order valence-corrected chi connectivity index (χ4v) is 3.86. The van der Waals surface area contributed by atoms with Crippen molar-refractivity contribution in [1.29, 1.82) is 0 Å². The minimum atomic E-state index is -1.05. The highest BCUT2D eigenvalue weighted by Crippen LogP contribution is 2.40. The van der Waals surface area contributed by atoms with Crippen LogP contribution in [-0.4, -0.2) is 35.9 Å². The van der Waals surface area contributed by atoms with Gasteiger partial charge in [0.2, 0.25) is 5.79 Å². The van der Waals surface area contributed by atoms with Crippen LogP contribution in [0, 0.1) is 0 Å². The number of ether oxygens (including phenoxy) is 3. The highest BCUT2D eigenvalue weighted by atomic mass is 35.5. The van der Waals surface area contributed by atoms with Gasteiger partial charge in [0.15, 0.2) is 0 Å². The number of anilines is 1. The van der Waals surface area contributed by atoms with Crippen LogP contribution in [0.25, 0.3) is 0 Å². The lowest BCUT2D eigenvalue weighted by atomic mass is 10.1. The first-order valence-corrected chi connectivity index (χ1v) is 9.97. The SMILES string of the molecule is CNc1cccc(OCC2COC(Cn3ccnc3)(c3ccc(Cl)cc3Cl)O2)c1. The van der Waals surface area contributed by atoms with Crippen LogP contribution in [0.5, 0.6) is 5.75 Å². The number of imidazole rings is 1. The maximum atomic E-state index is 6.49. The minimum absolute atomic E-state index is 0.261. The topological polar surface area (TPSA) is 57.5 Å². The third-order valence-corrected chi connectivity index (χ3v) is 5.26. The number of hydrogen-bond donors (Lipinski definition) is 1. The summed E-state index contributed by atoms with van der Waals surface area (Å²) in [7, 11) is 1.87. The van der Waals surface area contributed by atoms with Crippen molar-refractivity contribution in [2.24, 2.45) is 0 Å². The summed E-state index contributed by atoms with van der Waals surface area (Å²) in [6.07, 6.45) is 5.02. The average molecular weight is 434 g/mol. The molecule has 0 saturated carbocycles. The molecule has 2 unspecified atom stereocenters. The van der Waals surface area contributed by atoms with Gasteiger partial charge in [-0.05, 0) is 24.3 Å². The second-order valence-electron chi connectivity index (χ2n) is 6.75. The molecular weight excluding hydrogens is 413 g/mol. The van der Waals surface area contributed by atoms with E-state index < -0.39 is 5.79 Å². The Labute approximate surface area is 179 Å². The predicted molar refractivity (Wildman–Crippen MR) is 113 cm³/mol. The van der Waals surface area contributed by atoms with Gasteiger partial charge in [-0.15, -0.1) is 0 Å². The molecule has 0 amide bonds. The van der Waals surface area contributed by atoms with Crippen LogP contribution in [0.2, 0.25) is 10.0 Å². The van der Waals surface area contributed by atoms with E-state index in [0.717, 1.165) is 17.0 Å². The number of hydrogen-bond acceptors (Lipinski definition) is 5. The van der Waals surface area contributed by atoms with E-state index in [1.165, 1.54) is 0 Å². The Morgan fingerprint density at radius 2 is 2.17 bits per heavy atom. The van der Waals surface area contributed by atoms with Gasteiger partial charge in [-0.25, -0.2) is 4.98 Å². The molecular formula is C21H21Cl2N3O3. The molecule has 4 rings (SSSR count). The van der Waals surface area contributed by atoms with E-state index in [1.807, 2.05) is 48.1 Å². The largest absolute Gasteiger partial charge is 0.491 e. The third-order valence-electron chi connectivity index (χ3n) is 4.71. The van der Waals surface area contributed by atoms with Gasteiger partial charge in [0.05, 0.1) is 24.5 Å². The van der Waals surface area contributed by atoms with Crippen LogP contribution in [0.15, 0.2) is 61.2 Å². The fourth-order valence-electron chi connectivity index (χ4n) is 3.31. The van der Waals surface area contributed by atoms with Crippen molar-refractivity contribution >= 4 is 28.9 Å². The van der Waals surface area contributed by atoms with Gasteiger partial charge >= 0.3 is 0 Å². The molecule has 3 aromatic rings. The minimum Gasteiger partial charge on any atom is -0.491 e. The summed E-state index contributed by atoms with van der Waals surface area (Å²) in [6, 6.07) is 13.0. The molecule has 0 spiro atoms. The zero-order chi connectivity index (χ0) is 20.3. The monoisotopic (exact) mass is 433 g/mol. The van der Waals surface area contributed by atoms with Gasteiger partial charge in [-0.1, -0.05) is 35.3 Å². The predicted octanol–water partition coefficient (Wildman–Crippen LogP) is 4.58. The van der Waals surface area contributed by atoms with E-state index in [9.17, 15) is 0 Å². The number of halogens is 2. The molecule has 1 fully saturated rings. The molecule has 2 atom stereocenters. The van der Waals surface area contributed by atoms with Crippen molar-refractivity contribution in [3.05, 3.63) is 76.8 Å². The van der Waals surface area contributed by atoms with E-state index >= 15 is 0 Å². The van der Waals surface area contributed by atoms with Gasteiger partial charge in [0, 0.05) is 41.8 Å². The molecule has 6 nitrogen and oxygen atoms in total. The summed E-state index contributed by atoms with van der Waals surface area (Å²) < 4.78 is 20.4. The molecule has 29 heavy (non-hydrogen) atoms. The number of aromatic nitrogens is 2. The molecule has 0 aliphatic carbocycles. The first-order chi connectivity index (χ1) is 14.1. The van der Waals surface area contributed by atoms with Crippen LogP contribution < -0.4 is 10.1 Å². The van der Waals surface area contributed by atoms with Gasteiger partial charge in [0.1, 0.15) is 18.5 Å². The van der Waals surface area contributed by atoms with E-state index in [1.54, 1.807) is 24.7 Å². The molecule has 1 aliphatic rings. The number of rotatable bonds is 7. The molecule has 8 heteroatoms. The first kappa shape index (κ1) is 20.0. The molecule has 1 saturated heterocycles. The number of nitrogens with zero attached hydrogens (tertiary/aromatic N) is 2. The number of nitrogens with one attached hydrogen (secondary N) is 1. The Hall–Kier alpha value is -2.25. The summed E-state index contributed by atoms with van der Waals surface area (Å²) in [5, 5.41) is 4.14. The highest BCUT2D eigenvalue weighted by Gasteiger charge is 2.45. The van der Waals surface area contributed by atoms with Crippen molar-refractivity contribution in [1.82, 2.24) is 9.55 Å². The highest BCUT2D eigenvalue weighted by molar-refractivity contribution is 6.35.